The molecule has 174 valence electrons. The fourth-order valence-corrected chi connectivity index (χ4v) is 4.93. The average Bonchev–Trinajstić information content (AvgIpc) is 2.79. The predicted molar refractivity (Wildman–Crippen MR) is 132 cm³/mol. The number of methoxy groups -OCH3 is 1. The van der Waals surface area contributed by atoms with E-state index in [4.69, 9.17) is 4.74 Å². The third-order valence-electron chi connectivity index (χ3n) is 6.92. The molecule has 1 aliphatic heterocycles. The number of rotatable bonds is 5. The van der Waals surface area contributed by atoms with Gasteiger partial charge in [-0.25, -0.2) is 0 Å². The van der Waals surface area contributed by atoms with Crippen molar-refractivity contribution in [1.82, 2.24) is 5.32 Å². The zero-order chi connectivity index (χ0) is 23.6. The number of anilines is 1. The molecule has 0 bridgehead atoms. The first-order valence-electron chi connectivity index (χ1n) is 11.8. The Morgan fingerprint density at radius 1 is 1.00 bits per heavy atom. The molecule has 4 rings (SSSR count). The molecule has 2 aromatic carbocycles. The summed E-state index contributed by atoms with van der Waals surface area (Å²) in [5.74, 6) is 0.754. The molecule has 0 radical (unpaired) electrons. The molecule has 33 heavy (non-hydrogen) atoms. The Morgan fingerprint density at radius 2 is 1.70 bits per heavy atom. The number of ether oxygens (including phenoxy) is 1. The third kappa shape index (κ3) is 5.13. The molecular weight excluding hydrogens is 412 g/mol. The maximum atomic E-state index is 13.1. The molecule has 5 nitrogen and oxygen atoms in total. The van der Waals surface area contributed by atoms with Crippen LogP contribution in [0, 0.1) is 5.41 Å². The Kier molecular flexibility index (Phi) is 6.33. The molecule has 2 aliphatic rings. The van der Waals surface area contributed by atoms with Gasteiger partial charge in [-0.05, 0) is 75.1 Å². The zero-order valence-electron chi connectivity index (χ0n) is 20.1. The van der Waals surface area contributed by atoms with Gasteiger partial charge in [0.15, 0.2) is 5.78 Å². The van der Waals surface area contributed by atoms with Crippen LogP contribution in [0.25, 0.3) is 5.70 Å². The summed E-state index contributed by atoms with van der Waals surface area (Å²) in [6.45, 7) is 6.31. The van der Waals surface area contributed by atoms with E-state index in [-0.39, 0.29) is 22.6 Å². The predicted octanol–water partition coefficient (Wildman–Crippen LogP) is 5.75. The SMILES string of the molecule is COc1ccc2c(c1)/C(=C/C(=O)c1ccc(NC(=O)C3(C)CCCCC3)cc1)NC(C)(C)C2. The molecule has 1 aliphatic carbocycles. The van der Waals surface area contributed by atoms with Crippen molar-refractivity contribution in [3.8, 4) is 5.75 Å². The summed E-state index contributed by atoms with van der Waals surface area (Å²) in [5, 5.41) is 6.55. The molecule has 0 saturated heterocycles. The van der Waals surface area contributed by atoms with Crippen LogP contribution in [0.15, 0.2) is 48.5 Å². The van der Waals surface area contributed by atoms with Crippen molar-refractivity contribution in [2.45, 2.75) is 64.8 Å². The number of hydrogen-bond acceptors (Lipinski definition) is 4. The first kappa shape index (κ1) is 23.1. The minimum atomic E-state index is -0.301. The normalized spacial score (nSPS) is 19.8. The Morgan fingerprint density at radius 3 is 2.36 bits per heavy atom. The summed E-state index contributed by atoms with van der Waals surface area (Å²) < 4.78 is 5.39. The monoisotopic (exact) mass is 446 g/mol. The van der Waals surface area contributed by atoms with E-state index in [1.807, 2.05) is 24.3 Å². The molecule has 0 unspecified atom stereocenters. The number of allylic oxidation sites excluding steroid dienone is 1. The van der Waals surface area contributed by atoms with Crippen LogP contribution >= 0.6 is 0 Å². The molecule has 5 heteroatoms. The van der Waals surface area contributed by atoms with E-state index in [0.29, 0.717) is 5.56 Å². The van der Waals surface area contributed by atoms with Gasteiger partial charge in [0.2, 0.25) is 5.91 Å². The second-order valence-corrected chi connectivity index (χ2v) is 10.3. The van der Waals surface area contributed by atoms with Crippen LogP contribution in [0.1, 0.15) is 74.4 Å². The largest absolute Gasteiger partial charge is 0.497 e. The van der Waals surface area contributed by atoms with Gasteiger partial charge in [0.25, 0.3) is 0 Å². The Balaban J connectivity index is 1.52. The molecule has 0 spiro atoms. The van der Waals surface area contributed by atoms with Crippen molar-refractivity contribution in [1.29, 1.82) is 0 Å². The summed E-state index contributed by atoms with van der Waals surface area (Å²) in [7, 11) is 1.64. The molecule has 1 amide bonds. The highest BCUT2D eigenvalue weighted by Gasteiger charge is 2.34. The molecule has 0 atom stereocenters. The van der Waals surface area contributed by atoms with Crippen molar-refractivity contribution in [3.63, 3.8) is 0 Å². The lowest BCUT2D eigenvalue weighted by molar-refractivity contribution is -0.126. The van der Waals surface area contributed by atoms with Crippen LogP contribution in [-0.4, -0.2) is 24.3 Å². The minimum absolute atomic E-state index is 0.0718. The van der Waals surface area contributed by atoms with Gasteiger partial charge in [0, 0.05) is 39.5 Å². The Labute approximate surface area is 196 Å². The lowest BCUT2D eigenvalue weighted by atomic mass is 9.75. The summed E-state index contributed by atoms with van der Waals surface area (Å²) in [6.07, 6.45) is 7.80. The molecule has 1 heterocycles. The van der Waals surface area contributed by atoms with Crippen LogP contribution in [-0.2, 0) is 11.2 Å². The van der Waals surface area contributed by atoms with Crippen LogP contribution in [0.4, 0.5) is 5.69 Å². The van der Waals surface area contributed by atoms with E-state index < -0.39 is 0 Å². The zero-order valence-corrected chi connectivity index (χ0v) is 20.1. The van der Waals surface area contributed by atoms with Gasteiger partial charge in [0.1, 0.15) is 5.75 Å². The quantitative estimate of drug-likeness (QED) is 0.453. The van der Waals surface area contributed by atoms with Gasteiger partial charge in [0.05, 0.1) is 7.11 Å². The lowest BCUT2D eigenvalue weighted by Crippen LogP contribution is -2.43. The van der Waals surface area contributed by atoms with E-state index in [1.54, 1.807) is 25.3 Å². The topological polar surface area (TPSA) is 67.4 Å². The second kappa shape index (κ2) is 9.05. The van der Waals surface area contributed by atoms with E-state index in [9.17, 15) is 9.59 Å². The Bertz CT molecular complexity index is 1080. The first-order valence-corrected chi connectivity index (χ1v) is 11.8. The summed E-state index contributed by atoms with van der Waals surface area (Å²) >= 11 is 0. The minimum Gasteiger partial charge on any atom is -0.497 e. The summed E-state index contributed by atoms with van der Waals surface area (Å²) in [5.41, 5.74) is 3.83. The van der Waals surface area contributed by atoms with Crippen LogP contribution in [0.5, 0.6) is 5.75 Å². The highest BCUT2D eigenvalue weighted by atomic mass is 16.5. The number of ketones is 1. The maximum absolute atomic E-state index is 13.1. The average molecular weight is 447 g/mol. The van der Waals surface area contributed by atoms with E-state index in [0.717, 1.165) is 54.8 Å². The van der Waals surface area contributed by atoms with Gasteiger partial charge in [-0.1, -0.05) is 32.3 Å². The van der Waals surface area contributed by atoms with Crippen LogP contribution < -0.4 is 15.4 Å². The highest BCUT2D eigenvalue weighted by Crippen LogP contribution is 2.37. The molecule has 1 fully saturated rings. The van der Waals surface area contributed by atoms with Gasteiger partial charge < -0.3 is 15.4 Å². The Hall–Kier alpha value is -3.08. The number of hydrogen-bond donors (Lipinski definition) is 2. The van der Waals surface area contributed by atoms with E-state index in [2.05, 4.69) is 37.5 Å². The van der Waals surface area contributed by atoms with Gasteiger partial charge >= 0.3 is 0 Å². The van der Waals surface area contributed by atoms with Gasteiger partial charge in [-0.2, -0.15) is 0 Å². The summed E-state index contributed by atoms with van der Waals surface area (Å²) in [4.78, 5) is 25.9. The van der Waals surface area contributed by atoms with Gasteiger partial charge in [-0.15, -0.1) is 0 Å². The number of nitrogens with one attached hydrogen (secondary N) is 2. The van der Waals surface area contributed by atoms with Crippen LogP contribution in [0.2, 0.25) is 0 Å². The fraction of sp³-hybridized carbons (Fsp3) is 0.429. The molecular formula is C28H34N2O3. The number of carbonyl (C=O) groups excluding carboxylic acids is 2. The second-order valence-electron chi connectivity index (χ2n) is 10.3. The molecule has 1 saturated carbocycles. The molecule has 2 N–H and O–H groups in total. The number of benzene rings is 2. The first-order chi connectivity index (χ1) is 15.7. The van der Waals surface area contributed by atoms with Gasteiger partial charge in [-0.3, -0.25) is 9.59 Å². The smallest absolute Gasteiger partial charge is 0.230 e. The van der Waals surface area contributed by atoms with Crippen molar-refractivity contribution >= 4 is 23.1 Å². The number of fused-ring (bicyclic) bond motifs is 1. The number of carbonyl (C=O) groups is 2. The summed E-state index contributed by atoms with van der Waals surface area (Å²) in [6, 6.07) is 13.2. The van der Waals surface area contributed by atoms with Crippen molar-refractivity contribution in [2.24, 2.45) is 5.41 Å². The van der Waals surface area contributed by atoms with E-state index in [1.165, 1.54) is 12.0 Å². The fourth-order valence-electron chi connectivity index (χ4n) is 4.93. The van der Waals surface area contributed by atoms with Crippen molar-refractivity contribution in [3.05, 3.63) is 65.2 Å². The van der Waals surface area contributed by atoms with E-state index >= 15 is 0 Å². The maximum Gasteiger partial charge on any atom is 0.230 e. The van der Waals surface area contributed by atoms with Crippen molar-refractivity contribution < 1.29 is 14.3 Å². The van der Waals surface area contributed by atoms with Crippen LogP contribution in [0.3, 0.4) is 0 Å². The highest BCUT2D eigenvalue weighted by molar-refractivity contribution is 6.09. The van der Waals surface area contributed by atoms with Crippen molar-refractivity contribution in [2.75, 3.05) is 12.4 Å². The lowest BCUT2D eigenvalue weighted by Gasteiger charge is -2.35. The third-order valence-corrected chi connectivity index (χ3v) is 6.92. The number of amides is 1. The molecule has 0 aromatic heterocycles. The molecule has 2 aromatic rings. The standard InChI is InChI=1S/C28H34N2O3/c1-27(2)18-20-10-13-22(33-4)16-23(20)24(30-27)17-25(31)19-8-11-21(12-9-19)29-26(32)28(3)14-6-5-7-15-28/h8-13,16-17,30H,5-7,14-15,18H2,1-4H3,(H,29,32)/b24-17-.